The van der Waals surface area contributed by atoms with Crippen molar-refractivity contribution in [1.82, 2.24) is 10.6 Å². The number of phenols is 1. The lowest BCUT2D eigenvalue weighted by atomic mass is 10.2. The molecule has 1 aromatic carbocycles. The molecule has 0 spiro atoms. The molecule has 15 heavy (non-hydrogen) atoms. The Balaban J connectivity index is 1.93. The van der Waals surface area contributed by atoms with E-state index in [1.165, 1.54) is 0 Å². The number of para-hydroxylation sites is 1. The van der Waals surface area contributed by atoms with Gasteiger partial charge >= 0.3 is 0 Å². The Morgan fingerprint density at radius 3 is 2.93 bits per heavy atom. The van der Waals surface area contributed by atoms with Crippen LogP contribution in [-0.4, -0.2) is 36.1 Å². The van der Waals surface area contributed by atoms with Gasteiger partial charge in [0.2, 0.25) is 0 Å². The van der Waals surface area contributed by atoms with Gasteiger partial charge in [0.15, 0.2) is 0 Å². The van der Waals surface area contributed by atoms with Crippen LogP contribution in [0.2, 0.25) is 0 Å². The van der Waals surface area contributed by atoms with Crippen LogP contribution < -0.4 is 10.6 Å². The number of amidine groups is 1. The maximum Gasteiger partial charge on any atom is 0.132 e. The average molecular weight is 203 g/mol. The van der Waals surface area contributed by atoms with Gasteiger partial charge in [-0.1, -0.05) is 12.1 Å². The minimum Gasteiger partial charge on any atom is -0.507 e. The summed E-state index contributed by atoms with van der Waals surface area (Å²) >= 11 is 0. The first-order chi connectivity index (χ1) is 7.34. The van der Waals surface area contributed by atoms with Gasteiger partial charge in [-0.25, -0.2) is 0 Å². The summed E-state index contributed by atoms with van der Waals surface area (Å²) in [6.07, 6.45) is 0. The Morgan fingerprint density at radius 2 is 2.13 bits per heavy atom. The zero-order valence-corrected chi connectivity index (χ0v) is 8.27. The fourth-order valence-corrected chi connectivity index (χ4v) is 2.15. The molecule has 4 nitrogen and oxygen atoms in total. The Morgan fingerprint density at radius 1 is 1.27 bits per heavy atom. The molecular formula is C11H13N3O. The average Bonchev–Trinajstić information content (AvgIpc) is 2.77. The van der Waals surface area contributed by atoms with Crippen LogP contribution in [-0.2, 0) is 0 Å². The van der Waals surface area contributed by atoms with Crippen LogP contribution in [0.4, 0.5) is 0 Å². The van der Waals surface area contributed by atoms with Crippen LogP contribution in [0.3, 0.4) is 0 Å². The van der Waals surface area contributed by atoms with Gasteiger partial charge < -0.3 is 15.7 Å². The number of aliphatic imine (C=N–C) groups is 1. The third-order valence-electron chi connectivity index (χ3n) is 2.96. The lowest BCUT2D eigenvalue weighted by Gasteiger charge is -2.09. The van der Waals surface area contributed by atoms with Gasteiger partial charge in [-0.05, 0) is 12.1 Å². The summed E-state index contributed by atoms with van der Waals surface area (Å²) in [6, 6.07) is 8.00. The van der Waals surface area contributed by atoms with E-state index in [0.717, 1.165) is 24.5 Å². The van der Waals surface area contributed by atoms with E-state index in [1.807, 2.05) is 18.2 Å². The number of hydrogen-bond donors (Lipinski definition) is 3. The van der Waals surface area contributed by atoms with Crippen molar-refractivity contribution in [2.24, 2.45) is 4.99 Å². The Labute approximate surface area is 88.0 Å². The molecule has 2 unspecified atom stereocenters. The minimum absolute atomic E-state index is 0.289. The molecule has 4 heteroatoms. The van der Waals surface area contributed by atoms with Crippen molar-refractivity contribution in [2.45, 2.75) is 12.1 Å². The number of hydrogen-bond acceptors (Lipinski definition) is 4. The SMILES string of the molecule is Oc1ccccc1C1=NC2CNCC2N1. The maximum atomic E-state index is 9.70. The Hall–Kier alpha value is -1.55. The van der Waals surface area contributed by atoms with E-state index in [9.17, 15) is 5.11 Å². The summed E-state index contributed by atoms with van der Waals surface area (Å²) in [4.78, 5) is 4.56. The van der Waals surface area contributed by atoms with E-state index in [0.29, 0.717) is 12.1 Å². The highest BCUT2D eigenvalue weighted by Gasteiger charge is 2.33. The van der Waals surface area contributed by atoms with Crippen LogP contribution in [0.25, 0.3) is 0 Å². The molecule has 3 rings (SSSR count). The first-order valence-corrected chi connectivity index (χ1v) is 5.18. The largest absolute Gasteiger partial charge is 0.507 e. The molecule has 0 aromatic heterocycles. The molecule has 0 bridgehead atoms. The monoisotopic (exact) mass is 203 g/mol. The van der Waals surface area contributed by atoms with E-state index in [2.05, 4.69) is 15.6 Å². The number of rotatable bonds is 1. The Kier molecular flexibility index (Phi) is 1.89. The third-order valence-corrected chi connectivity index (χ3v) is 2.96. The van der Waals surface area contributed by atoms with Crippen LogP contribution in [0.1, 0.15) is 5.56 Å². The number of fused-ring (bicyclic) bond motifs is 1. The first kappa shape index (κ1) is 8.73. The van der Waals surface area contributed by atoms with Crippen LogP contribution in [0.5, 0.6) is 5.75 Å². The summed E-state index contributed by atoms with van der Waals surface area (Å²) in [7, 11) is 0. The molecule has 1 fully saturated rings. The first-order valence-electron chi connectivity index (χ1n) is 5.18. The number of nitrogens with zero attached hydrogens (tertiary/aromatic N) is 1. The zero-order chi connectivity index (χ0) is 10.3. The van der Waals surface area contributed by atoms with Crippen molar-refractivity contribution in [2.75, 3.05) is 13.1 Å². The standard InChI is InChI=1S/C11H13N3O/c15-10-4-2-1-3-7(10)11-13-8-5-12-6-9(8)14-11/h1-4,8-9,12,15H,5-6H2,(H,13,14). The van der Waals surface area contributed by atoms with Crippen molar-refractivity contribution >= 4 is 5.84 Å². The molecule has 0 saturated carbocycles. The molecule has 2 heterocycles. The maximum absolute atomic E-state index is 9.70. The molecule has 2 aliphatic rings. The van der Waals surface area contributed by atoms with Crippen LogP contribution >= 0.6 is 0 Å². The van der Waals surface area contributed by atoms with Crippen molar-refractivity contribution in [1.29, 1.82) is 0 Å². The highest BCUT2D eigenvalue weighted by Crippen LogP contribution is 2.21. The van der Waals surface area contributed by atoms with Gasteiger partial charge in [0.05, 0.1) is 17.6 Å². The molecule has 0 aliphatic carbocycles. The molecule has 2 atom stereocenters. The molecule has 0 radical (unpaired) electrons. The molecule has 3 N–H and O–H groups in total. The summed E-state index contributed by atoms with van der Waals surface area (Å²) in [5.74, 6) is 1.11. The van der Waals surface area contributed by atoms with Crippen molar-refractivity contribution < 1.29 is 5.11 Å². The number of benzene rings is 1. The molecular weight excluding hydrogens is 190 g/mol. The second-order valence-corrected chi connectivity index (χ2v) is 3.97. The van der Waals surface area contributed by atoms with Gasteiger partial charge in [0.1, 0.15) is 11.6 Å². The predicted molar refractivity (Wildman–Crippen MR) is 58.2 cm³/mol. The third kappa shape index (κ3) is 1.37. The lowest BCUT2D eigenvalue weighted by molar-refractivity contribution is 0.474. The Bertz CT molecular complexity index is 416. The number of aromatic hydroxyl groups is 1. The van der Waals surface area contributed by atoms with Gasteiger partial charge in [-0.3, -0.25) is 4.99 Å². The van der Waals surface area contributed by atoms with Crippen molar-refractivity contribution in [3.05, 3.63) is 29.8 Å². The smallest absolute Gasteiger partial charge is 0.132 e. The highest BCUT2D eigenvalue weighted by atomic mass is 16.3. The second-order valence-electron chi connectivity index (χ2n) is 3.97. The van der Waals surface area contributed by atoms with Gasteiger partial charge in [-0.2, -0.15) is 0 Å². The van der Waals surface area contributed by atoms with E-state index >= 15 is 0 Å². The van der Waals surface area contributed by atoms with Crippen molar-refractivity contribution in [3.8, 4) is 5.75 Å². The summed E-state index contributed by atoms with van der Waals surface area (Å²) < 4.78 is 0. The zero-order valence-electron chi connectivity index (χ0n) is 8.27. The van der Waals surface area contributed by atoms with Crippen LogP contribution in [0, 0.1) is 0 Å². The quantitative estimate of drug-likeness (QED) is 0.606. The molecule has 78 valence electrons. The minimum atomic E-state index is 0.289. The predicted octanol–water partition coefficient (Wildman–Crippen LogP) is 0.0824. The summed E-state index contributed by atoms with van der Waals surface area (Å²) in [5, 5.41) is 16.3. The molecule has 1 aromatic rings. The highest BCUT2D eigenvalue weighted by molar-refractivity contribution is 6.02. The fourth-order valence-electron chi connectivity index (χ4n) is 2.15. The topological polar surface area (TPSA) is 56.7 Å². The number of nitrogens with one attached hydrogen (secondary N) is 2. The van der Waals surface area contributed by atoms with Crippen LogP contribution in [0.15, 0.2) is 29.3 Å². The van der Waals surface area contributed by atoms with Gasteiger partial charge in [0, 0.05) is 13.1 Å². The van der Waals surface area contributed by atoms with Crippen molar-refractivity contribution in [3.63, 3.8) is 0 Å². The number of phenolic OH excluding ortho intramolecular Hbond substituents is 1. The van der Waals surface area contributed by atoms with E-state index in [-0.39, 0.29) is 5.75 Å². The summed E-state index contributed by atoms with van der Waals surface area (Å²) in [5.41, 5.74) is 0.798. The molecule has 0 amide bonds. The summed E-state index contributed by atoms with van der Waals surface area (Å²) in [6.45, 7) is 1.88. The van der Waals surface area contributed by atoms with E-state index < -0.39 is 0 Å². The fraction of sp³-hybridized carbons (Fsp3) is 0.364. The van der Waals surface area contributed by atoms with E-state index in [4.69, 9.17) is 0 Å². The molecule has 1 saturated heterocycles. The lowest BCUT2D eigenvalue weighted by Crippen LogP contribution is -2.35. The molecule has 2 aliphatic heterocycles. The second kappa shape index (κ2) is 3.24. The van der Waals surface area contributed by atoms with Gasteiger partial charge in [-0.15, -0.1) is 0 Å². The van der Waals surface area contributed by atoms with E-state index in [1.54, 1.807) is 6.07 Å². The normalized spacial score (nSPS) is 28.4. The van der Waals surface area contributed by atoms with Gasteiger partial charge in [0.25, 0.3) is 0 Å².